The van der Waals surface area contributed by atoms with Crippen molar-refractivity contribution in [2.24, 2.45) is 17.6 Å². The van der Waals surface area contributed by atoms with Crippen LogP contribution >= 0.6 is 0 Å². The summed E-state index contributed by atoms with van der Waals surface area (Å²) in [6.45, 7) is 6.54. The minimum absolute atomic E-state index is 0.234. The number of nitrogens with two attached hydrogens (primary N) is 1. The van der Waals surface area contributed by atoms with E-state index in [1.165, 1.54) is 0 Å². The van der Waals surface area contributed by atoms with Crippen LogP contribution in [0.4, 0.5) is 5.82 Å². The number of carbonyl (C=O) groups excluding carboxylic acids is 1. The highest BCUT2D eigenvalue weighted by molar-refractivity contribution is 5.74. The van der Waals surface area contributed by atoms with Crippen LogP contribution < -0.4 is 15.4 Å². The molecule has 1 aromatic rings. The van der Waals surface area contributed by atoms with Crippen molar-refractivity contribution in [3.05, 3.63) is 12.4 Å². The Morgan fingerprint density at radius 3 is 3.05 bits per heavy atom. The Bertz CT molecular complexity index is 478. The molecule has 2 heterocycles. The summed E-state index contributed by atoms with van der Waals surface area (Å²) in [4.78, 5) is 21.9. The van der Waals surface area contributed by atoms with Crippen molar-refractivity contribution < 1.29 is 9.53 Å². The van der Waals surface area contributed by atoms with E-state index in [0.29, 0.717) is 30.7 Å². The molecular formula is C15H24N4O2. The lowest BCUT2D eigenvalue weighted by atomic mass is 9.94. The Kier molecular flexibility index (Phi) is 5.36. The van der Waals surface area contributed by atoms with Crippen molar-refractivity contribution in [2.45, 2.75) is 33.1 Å². The van der Waals surface area contributed by atoms with Crippen LogP contribution in [0.3, 0.4) is 0 Å². The fourth-order valence-electron chi connectivity index (χ4n) is 2.54. The van der Waals surface area contributed by atoms with Crippen molar-refractivity contribution in [1.82, 2.24) is 9.97 Å². The molecule has 0 saturated carbocycles. The van der Waals surface area contributed by atoms with Gasteiger partial charge in [-0.05, 0) is 24.7 Å². The van der Waals surface area contributed by atoms with Crippen LogP contribution in [0.1, 0.15) is 33.1 Å². The minimum atomic E-state index is -0.234. The molecule has 21 heavy (non-hydrogen) atoms. The third-order valence-corrected chi connectivity index (χ3v) is 3.50. The van der Waals surface area contributed by atoms with E-state index in [2.05, 4.69) is 28.7 Å². The minimum Gasteiger partial charge on any atom is -0.476 e. The molecule has 1 aliphatic heterocycles. The third kappa shape index (κ3) is 4.88. The molecule has 1 fully saturated rings. The average Bonchev–Trinajstić information content (AvgIpc) is 2.45. The van der Waals surface area contributed by atoms with Crippen LogP contribution in [0.15, 0.2) is 12.4 Å². The molecule has 2 N–H and O–H groups in total. The topological polar surface area (TPSA) is 81.3 Å². The standard InChI is InChI=1S/C15H24N4O2/c1-11(2)10-21-15-8-17-7-14(18-15)19-5-3-4-12(9-19)6-13(16)20/h7-8,11-12H,3-6,9-10H2,1-2H3,(H2,16,20)/t12-/m1/s1. The van der Waals surface area contributed by atoms with E-state index in [4.69, 9.17) is 10.5 Å². The van der Waals surface area contributed by atoms with E-state index in [1.54, 1.807) is 12.4 Å². The molecule has 116 valence electrons. The monoisotopic (exact) mass is 292 g/mol. The first-order chi connectivity index (χ1) is 10.0. The number of piperidine rings is 1. The maximum absolute atomic E-state index is 11.1. The van der Waals surface area contributed by atoms with E-state index in [1.807, 2.05) is 0 Å². The second-order valence-electron chi connectivity index (χ2n) is 6.05. The maximum atomic E-state index is 11.1. The second-order valence-corrected chi connectivity index (χ2v) is 6.05. The average molecular weight is 292 g/mol. The van der Waals surface area contributed by atoms with Gasteiger partial charge in [-0.1, -0.05) is 13.8 Å². The number of amides is 1. The first-order valence-electron chi connectivity index (χ1n) is 7.52. The van der Waals surface area contributed by atoms with Gasteiger partial charge in [-0.15, -0.1) is 0 Å². The molecule has 1 saturated heterocycles. The van der Waals surface area contributed by atoms with E-state index in [9.17, 15) is 4.79 Å². The first-order valence-corrected chi connectivity index (χ1v) is 7.52. The summed E-state index contributed by atoms with van der Waals surface area (Å²) in [6.07, 6.45) is 5.90. The van der Waals surface area contributed by atoms with E-state index in [0.717, 1.165) is 31.7 Å². The van der Waals surface area contributed by atoms with Gasteiger partial charge in [0.2, 0.25) is 11.8 Å². The van der Waals surface area contributed by atoms with Crippen molar-refractivity contribution in [1.29, 1.82) is 0 Å². The largest absolute Gasteiger partial charge is 0.476 e. The lowest BCUT2D eigenvalue weighted by molar-refractivity contribution is -0.118. The zero-order valence-corrected chi connectivity index (χ0v) is 12.8. The lowest BCUT2D eigenvalue weighted by Crippen LogP contribution is -2.37. The molecule has 0 radical (unpaired) electrons. The molecule has 1 atom stereocenters. The van der Waals surface area contributed by atoms with Gasteiger partial charge in [0.05, 0.1) is 19.0 Å². The molecule has 6 heteroatoms. The van der Waals surface area contributed by atoms with Gasteiger partial charge in [0.15, 0.2) is 5.82 Å². The van der Waals surface area contributed by atoms with E-state index in [-0.39, 0.29) is 5.91 Å². The fraction of sp³-hybridized carbons (Fsp3) is 0.667. The number of carbonyl (C=O) groups is 1. The molecule has 0 aliphatic carbocycles. The normalized spacial score (nSPS) is 18.8. The van der Waals surface area contributed by atoms with Crippen LogP contribution in [0.5, 0.6) is 5.88 Å². The van der Waals surface area contributed by atoms with Crippen molar-refractivity contribution in [3.8, 4) is 5.88 Å². The summed E-state index contributed by atoms with van der Waals surface area (Å²) in [7, 11) is 0. The highest BCUT2D eigenvalue weighted by atomic mass is 16.5. The summed E-state index contributed by atoms with van der Waals surface area (Å²) in [5.74, 6) is 1.88. The van der Waals surface area contributed by atoms with Crippen LogP contribution in [-0.2, 0) is 4.79 Å². The van der Waals surface area contributed by atoms with Gasteiger partial charge in [0.1, 0.15) is 0 Å². The van der Waals surface area contributed by atoms with Crippen molar-refractivity contribution >= 4 is 11.7 Å². The molecule has 6 nitrogen and oxygen atoms in total. The Labute approximate surface area is 125 Å². The van der Waals surface area contributed by atoms with E-state index < -0.39 is 0 Å². The van der Waals surface area contributed by atoms with Gasteiger partial charge in [-0.2, -0.15) is 4.98 Å². The van der Waals surface area contributed by atoms with Gasteiger partial charge in [0.25, 0.3) is 0 Å². The summed E-state index contributed by atoms with van der Waals surface area (Å²) in [5, 5.41) is 0. The number of anilines is 1. The molecule has 0 spiro atoms. The molecule has 1 aromatic heterocycles. The number of hydrogen-bond acceptors (Lipinski definition) is 5. The van der Waals surface area contributed by atoms with Crippen molar-refractivity contribution in [2.75, 3.05) is 24.6 Å². The third-order valence-electron chi connectivity index (χ3n) is 3.50. The van der Waals surface area contributed by atoms with Gasteiger partial charge in [-0.25, -0.2) is 0 Å². The quantitative estimate of drug-likeness (QED) is 0.861. The molecule has 1 aliphatic rings. The number of ether oxygens (including phenoxy) is 1. The van der Waals surface area contributed by atoms with Gasteiger partial charge in [-0.3, -0.25) is 9.78 Å². The predicted octanol–water partition coefficient (Wildman–Crippen LogP) is 1.60. The highest BCUT2D eigenvalue weighted by Crippen LogP contribution is 2.24. The van der Waals surface area contributed by atoms with Crippen LogP contribution in [0.25, 0.3) is 0 Å². The van der Waals surface area contributed by atoms with E-state index >= 15 is 0 Å². The highest BCUT2D eigenvalue weighted by Gasteiger charge is 2.22. The van der Waals surface area contributed by atoms with Gasteiger partial charge in [0, 0.05) is 19.5 Å². The van der Waals surface area contributed by atoms with Gasteiger partial charge >= 0.3 is 0 Å². The first kappa shape index (κ1) is 15.5. The summed E-state index contributed by atoms with van der Waals surface area (Å²) in [5.41, 5.74) is 5.29. The maximum Gasteiger partial charge on any atom is 0.234 e. The summed E-state index contributed by atoms with van der Waals surface area (Å²) >= 11 is 0. The van der Waals surface area contributed by atoms with Crippen molar-refractivity contribution in [3.63, 3.8) is 0 Å². The van der Waals surface area contributed by atoms with Crippen LogP contribution in [0, 0.1) is 11.8 Å². The number of rotatable bonds is 6. The smallest absolute Gasteiger partial charge is 0.234 e. The zero-order valence-electron chi connectivity index (χ0n) is 12.8. The lowest BCUT2D eigenvalue weighted by Gasteiger charge is -2.33. The van der Waals surface area contributed by atoms with Crippen LogP contribution in [-0.4, -0.2) is 35.6 Å². The molecule has 1 amide bonds. The van der Waals surface area contributed by atoms with Gasteiger partial charge < -0.3 is 15.4 Å². The van der Waals surface area contributed by atoms with Crippen LogP contribution in [0.2, 0.25) is 0 Å². The second kappa shape index (κ2) is 7.24. The molecule has 0 aromatic carbocycles. The Morgan fingerprint density at radius 1 is 1.52 bits per heavy atom. The Balaban J connectivity index is 2.00. The molecule has 0 bridgehead atoms. The Hall–Kier alpha value is -1.85. The zero-order chi connectivity index (χ0) is 15.2. The number of aromatic nitrogens is 2. The molecular weight excluding hydrogens is 268 g/mol. The number of hydrogen-bond donors (Lipinski definition) is 1. The fourth-order valence-corrected chi connectivity index (χ4v) is 2.54. The summed E-state index contributed by atoms with van der Waals surface area (Å²) < 4.78 is 5.62. The summed E-state index contributed by atoms with van der Waals surface area (Å²) in [6, 6.07) is 0. The SMILES string of the molecule is CC(C)COc1cncc(N2CCC[C@H](CC(N)=O)C2)n1. The predicted molar refractivity (Wildman–Crippen MR) is 81.1 cm³/mol. The Morgan fingerprint density at radius 2 is 2.33 bits per heavy atom. The molecule has 0 unspecified atom stereocenters. The number of primary amides is 1. The molecule has 2 rings (SSSR count). The number of nitrogens with zero attached hydrogens (tertiary/aromatic N) is 3.